The molecule has 0 aliphatic carbocycles. The largest absolute Gasteiger partial charge is 0.497 e. The summed E-state index contributed by atoms with van der Waals surface area (Å²) in [7, 11) is 3.25. The lowest BCUT2D eigenvalue weighted by Crippen LogP contribution is -2.11. The normalized spacial score (nSPS) is 10.6. The molecule has 7 heteroatoms. The molecule has 0 fully saturated rings. The molecule has 0 spiro atoms. The van der Waals surface area contributed by atoms with E-state index in [9.17, 15) is 9.59 Å². The van der Waals surface area contributed by atoms with E-state index >= 15 is 0 Å². The van der Waals surface area contributed by atoms with Crippen LogP contribution < -0.4 is 4.74 Å². The molecule has 0 amide bonds. The number of rotatable bonds is 6. The lowest BCUT2D eigenvalue weighted by atomic mass is 10.0. The van der Waals surface area contributed by atoms with Crippen molar-refractivity contribution in [3.05, 3.63) is 70.6 Å². The first-order chi connectivity index (χ1) is 13.5. The molecule has 6 nitrogen and oxygen atoms in total. The summed E-state index contributed by atoms with van der Waals surface area (Å²) in [5, 5.41) is 0.528. The lowest BCUT2D eigenvalue weighted by Gasteiger charge is -2.08. The highest BCUT2D eigenvalue weighted by Gasteiger charge is 2.26. The van der Waals surface area contributed by atoms with Crippen LogP contribution in [0, 0.1) is 0 Å². The second-order valence-corrected chi connectivity index (χ2v) is 6.41. The number of benzene rings is 2. The average Bonchev–Trinajstić information content (AvgIpc) is 3.05. The standard InChI is InChI=1S/C21H19ClN2O4/c1-4-28-21(26)20-23-17(19(25)14-5-9-15(22)10-6-14)18(24(20)2)13-7-11-16(27-3)12-8-13/h5-12H,4H2,1-3H3. The first-order valence-corrected chi connectivity index (χ1v) is 9.02. The topological polar surface area (TPSA) is 70.4 Å². The van der Waals surface area contributed by atoms with Gasteiger partial charge < -0.3 is 14.0 Å². The van der Waals surface area contributed by atoms with E-state index < -0.39 is 5.97 Å². The molecule has 1 heterocycles. The maximum atomic E-state index is 13.1. The van der Waals surface area contributed by atoms with E-state index in [0.717, 1.165) is 5.56 Å². The Morgan fingerprint density at radius 1 is 1.07 bits per heavy atom. The molecule has 0 radical (unpaired) electrons. The smallest absolute Gasteiger partial charge is 0.374 e. The van der Waals surface area contributed by atoms with Crippen LogP contribution in [0.1, 0.15) is 33.6 Å². The fourth-order valence-corrected chi connectivity index (χ4v) is 2.98. The van der Waals surface area contributed by atoms with Gasteiger partial charge >= 0.3 is 5.97 Å². The fraction of sp³-hybridized carbons (Fsp3) is 0.190. The van der Waals surface area contributed by atoms with Gasteiger partial charge in [0, 0.05) is 23.2 Å². The second-order valence-electron chi connectivity index (χ2n) is 5.98. The van der Waals surface area contributed by atoms with Crippen molar-refractivity contribution in [3.8, 4) is 17.0 Å². The van der Waals surface area contributed by atoms with Gasteiger partial charge in [-0.05, 0) is 55.5 Å². The lowest BCUT2D eigenvalue weighted by molar-refractivity contribution is 0.0508. The Bertz CT molecular complexity index is 1010. The number of carbonyl (C=O) groups is 2. The van der Waals surface area contributed by atoms with E-state index in [1.54, 1.807) is 62.0 Å². The SMILES string of the molecule is CCOC(=O)c1nc(C(=O)c2ccc(Cl)cc2)c(-c2ccc(OC)cc2)n1C. The summed E-state index contributed by atoms with van der Waals surface area (Å²) in [6, 6.07) is 13.7. The number of hydrogen-bond donors (Lipinski definition) is 0. The van der Waals surface area contributed by atoms with Gasteiger partial charge in [0.25, 0.3) is 0 Å². The zero-order chi connectivity index (χ0) is 20.3. The molecule has 0 aliphatic heterocycles. The summed E-state index contributed by atoms with van der Waals surface area (Å²) in [5.41, 5.74) is 1.83. The molecule has 144 valence electrons. The third-order valence-corrected chi connectivity index (χ3v) is 4.49. The van der Waals surface area contributed by atoms with Crippen LogP contribution in [0.15, 0.2) is 48.5 Å². The third-order valence-electron chi connectivity index (χ3n) is 4.24. The highest BCUT2D eigenvalue weighted by atomic mass is 35.5. The van der Waals surface area contributed by atoms with Gasteiger partial charge in [-0.25, -0.2) is 9.78 Å². The van der Waals surface area contributed by atoms with Gasteiger partial charge in [0.15, 0.2) is 0 Å². The van der Waals surface area contributed by atoms with Crippen molar-refractivity contribution in [2.45, 2.75) is 6.92 Å². The molecule has 3 rings (SSSR count). The van der Waals surface area contributed by atoms with E-state index in [0.29, 0.717) is 22.0 Å². The van der Waals surface area contributed by atoms with Crippen molar-refractivity contribution in [1.82, 2.24) is 9.55 Å². The molecule has 2 aromatic carbocycles. The monoisotopic (exact) mass is 398 g/mol. The number of nitrogens with zero attached hydrogens (tertiary/aromatic N) is 2. The zero-order valence-electron chi connectivity index (χ0n) is 15.7. The predicted molar refractivity (Wildman–Crippen MR) is 106 cm³/mol. The van der Waals surface area contributed by atoms with Crippen LogP contribution >= 0.6 is 11.6 Å². The number of imidazole rings is 1. The number of halogens is 1. The first-order valence-electron chi connectivity index (χ1n) is 8.64. The van der Waals surface area contributed by atoms with E-state index in [1.165, 1.54) is 0 Å². The van der Waals surface area contributed by atoms with Gasteiger partial charge in [0.05, 0.1) is 19.4 Å². The number of methoxy groups -OCH3 is 1. The summed E-state index contributed by atoms with van der Waals surface area (Å²) in [4.78, 5) is 29.8. The molecule has 0 saturated heterocycles. The molecular weight excluding hydrogens is 380 g/mol. The molecule has 3 aromatic rings. The minimum atomic E-state index is -0.588. The predicted octanol–water partition coefficient (Wildman–Crippen LogP) is 4.16. The van der Waals surface area contributed by atoms with Crippen LogP contribution in [0.2, 0.25) is 5.02 Å². The van der Waals surface area contributed by atoms with Gasteiger partial charge in [-0.3, -0.25) is 4.79 Å². The highest BCUT2D eigenvalue weighted by Crippen LogP contribution is 2.28. The van der Waals surface area contributed by atoms with Crippen LogP contribution in [0.25, 0.3) is 11.3 Å². The summed E-state index contributed by atoms with van der Waals surface area (Å²) < 4.78 is 11.8. The summed E-state index contributed by atoms with van der Waals surface area (Å²) >= 11 is 5.92. The first kappa shape index (κ1) is 19.6. The van der Waals surface area contributed by atoms with Gasteiger partial charge in [-0.2, -0.15) is 0 Å². The van der Waals surface area contributed by atoms with Gasteiger partial charge in [-0.1, -0.05) is 11.6 Å². The molecular formula is C21H19ClN2O4. The fourth-order valence-electron chi connectivity index (χ4n) is 2.85. The van der Waals surface area contributed by atoms with Crippen molar-refractivity contribution in [2.75, 3.05) is 13.7 Å². The molecule has 28 heavy (non-hydrogen) atoms. The van der Waals surface area contributed by atoms with E-state index in [1.807, 2.05) is 12.1 Å². The maximum absolute atomic E-state index is 13.1. The Hall–Kier alpha value is -3.12. The summed E-state index contributed by atoms with van der Waals surface area (Å²) in [6.07, 6.45) is 0. The zero-order valence-corrected chi connectivity index (χ0v) is 16.5. The molecule has 0 bridgehead atoms. The number of carbonyl (C=O) groups excluding carboxylic acids is 2. The van der Waals surface area contributed by atoms with Gasteiger partial charge in [-0.15, -0.1) is 0 Å². The molecule has 0 N–H and O–H groups in total. The summed E-state index contributed by atoms with van der Waals surface area (Å²) in [5.74, 6) is -0.157. The Kier molecular flexibility index (Phi) is 5.80. The number of esters is 1. The molecule has 1 aromatic heterocycles. The van der Waals surface area contributed by atoms with Crippen molar-refractivity contribution in [1.29, 1.82) is 0 Å². The van der Waals surface area contributed by atoms with Crippen LogP contribution in [0.4, 0.5) is 0 Å². The second kappa shape index (κ2) is 8.27. The molecule has 0 atom stereocenters. The Morgan fingerprint density at radius 3 is 2.29 bits per heavy atom. The van der Waals surface area contributed by atoms with Crippen LogP contribution in [0.5, 0.6) is 5.75 Å². The van der Waals surface area contributed by atoms with Gasteiger partial charge in [0.2, 0.25) is 11.6 Å². The van der Waals surface area contributed by atoms with E-state index in [4.69, 9.17) is 21.1 Å². The Balaban J connectivity index is 2.15. The Morgan fingerprint density at radius 2 is 1.71 bits per heavy atom. The van der Waals surface area contributed by atoms with Crippen molar-refractivity contribution in [3.63, 3.8) is 0 Å². The van der Waals surface area contributed by atoms with Gasteiger partial charge in [0.1, 0.15) is 11.4 Å². The van der Waals surface area contributed by atoms with Crippen LogP contribution in [-0.4, -0.2) is 35.0 Å². The Labute approximate surface area is 167 Å². The highest BCUT2D eigenvalue weighted by molar-refractivity contribution is 6.30. The van der Waals surface area contributed by atoms with Crippen LogP contribution in [-0.2, 0) is 11.8 Å². The minimum Gasteiger partial charge on any atom is -0.497 e. The minimum absolute atomic E-state index is 0.0602. The summed E-state index contributed by atoms with van der Waals surface area (Å²) in [6.45, 7) is 1.93. The quantitative estimate of drug-likeness (QED) is 0.460. The van der Waals surface area contributed by atoms with E-state index in [-0.39, 0.29) is 23.9 Å². The molecule has 0 unspecified atom stereocenters. The number of aromatic nitrogens is 2. The number of hydrogen-bond acceptors (Lipinski definition) is 5. The maximum Gasteiger partial charge on any atom is 0.374 e. The van der Waals surface area contributed by atoms with E-state index in [2.05, 4.69) is 4.98 Å². The van der Waals surface area contributed by atoms with Crippen molar-refractivity contribution < 1.29 is 19.1 Å². The number of ether oxygens (including phenoxy) is 2. The third kappa shape index (κ3) is 3.77. The molecule has 0 aliphatic rings. The van der Waals surface area contributed by atoms with Crippen molar-refractivity contribution in [2.24, 2.45) is 7.05 Å². The number of ketones is 1. The molecule has 0 saturated carbocycles. The average molecular weight is 399 g/mol. The van der Waals surface area contributed by atoms with Crippen molar-refractivity contribution >= 4 is 23.4 Å². The van der Waals surface area contributed by atoms with Crippen LogP contribution in [0.3, 0.4) is 0 Å².